The van der Waals surface area contributed by atoms with Gasteiger partial charge in [-0.2, -0.15) is 5.10 Å². The topological polar surface area (TPSA) is 83.3 Å². The minimum atomic E-state index is -0.0256. The third-order valence-electron chi connectivity index (χ3n) is 3.51. The molecule has 0 aliphatic heterocycles. The van der Waals surface area contributed by atoms with Crippen LogP contribution in [0.3, 0.4) is 0 Å². The highest BCUT2D eigenvalue weighted by atomic mass is 127. The molecule has 26 heavy (non-hydrogen) atoms. The van der Waals surface area contributed by atoms with E-state index in [1.54, 1.807) is 6.20 Å². The zero-order valence-electron chi connectivity index (χ0n) is 15.2. The van der Waals surface area contributed by atoms with E-state index in [1.165, 1.54) is 12.5 Å². The van der Waals surface area contributed by atoms with Gasteiger partial charge in [0, 0.05) is 45.5 Å². The molecule has 0 fully saturated rings. The quantitative estimate of drug-likeness (QED) is 0.238. The monoisotopic (exact) mass is 470 g/mol. The Labute approximate surface area is 171 Å². The van der Waals surface area contributed by atoms with Gasteiger partial charge in [0.1, 0.15) is 0 Å². The number of nitrogens with zero attached hydrogens (tertiary/aromatic N) is 3. The number of amides is 1. The van der Waals surface area contributed by atoms with Gasteiger partial charge >= 0.3 is 0 Å². The molecule has 8 heteroatoms. The van der Waals surface area contributed by atoms with E-state index in [2.05, 4.69) is 50.3 Å². The number of nitrogens with one attached hydrogen (secondary N) is 3. The molecule has 0 aliphatic rings. The summed E-state index contributed by atoms with van der Waals surface area (Å²) in [6, 6.07) is 10.2. The Morgan fingerprint density at radius 2 is 1.88 bits per heavy atom. The first-order chi connectivity index (χ1) is 12.2. The molecule has 142 valence electrons. The van der Waals surface area contributed by atoms with Gasteiger partial charge in [-0.1, -0.05) is 12.1 Å². The SMILES string of the molecule is CCNC(=NCCc1ccc(-n2cccn2)cc1)NCCNC(C)=O.I. The van der Waals surface area contributed by atoms with Crippen molar-refractivity contribution in [3.05, 3.63) is 48.3 Å². The number of carbonyl (C=O) groups excluding carboxylic acids is 1. The van der Waals surface area contributed by atoms with Gasteiger partial charge in [0.15, 0.2) is 5.96 Å². The molecule has 0 radical (unpaired) electrons. The summed E-state index contributed by atoms with van der Waals surface area (Å²) in [6.45, 7) is 6.25. The Balaban J connectivity index is 0.00000338. The van der Waals surface area contributed by atoms with Gasteiger partial charge in [0.05, 0.1) is 5.69 Å². The predicted octanol–water partition coefficient (Wildman–Crippen LogP) is 1.72. The Hall–Kier alpha value is -2.10. The summed E-state index contributed by atoms with van der Waals surface area (Å²) >= 11 is 0. The summed E-state index contributed by atoms with van der Waals surface area (Å²) in [5.41, 5.74) is 2.28. The van der Waals surface area contributed by atoms with Crippen molar-refractivity contribution in [2.75, 3.05) is 26.2 Å². The zero-order valence-corrected chi connectivity index (χ0v) is 17.6. The molecule has 0 unspecified atom stereocenters. The smallest absolute Gasteiger partial charge is 0.216 e. The van der Waals surface area contributed by atoms with Crippen molar-refractivity contribution in [1.29, 1.82) is 0 Å². The first-order valence-electron chi connectivity index (χ1n) is 8.54. The Morgan fingerprint density at radius 3 is 2.50 bits per heavy atom. The number of rotatable bonds is 8. The maximum absolute atomic E-state index is 10.9. The summed E-state index contributed by atoms with van der Waals surface area (Å²) < 4.78 is 1.84. The van der Waals surface area contributed by atoms with Crippen LogP contribution in [0.4, 0.5) is 0 Å². The van der Waals surface area contributed by atoms with E-state index in [0.29, 0.717) is 19.6 Å². The standard InChI is InChI=1S/C18H26N6O.HI/c1-3-19-18(22-13-12-20-15(2)25)21-11-9-16-5-7-17(8-6-16)24-14-4-10-23-24;/h4-8,10,14H,3,9,11-13H2,1-2H3,(H,20,25)(H2,19,21,22);1H. The van der Waals surface area contributed by atoms with Crippen LogP contribution in [0.5, 0.6) is 0 Å². The number of hydrogen-bond donors (Lipinski definition) is 3. The Bertz CT molecular complexity index is 669. The van der Waals surface area contributed by atoms with E-state index in [4.69, 9.17) is 0 Å². The first kappa shape index (κ1) is 21.9. The average Bonchev–Trinajstić information content (AvgIpc) is 3.13. The zero-order chi connectivity index (χ0) is 17.9. The van der Waals surface area contributed by atoms with Crippen molar-refractivity contribution in [1.82, 2.24) is 25.7 Å². The van der Waals surface area contributed by atoms with Crippen LogP contribution in [0, 0.1) is 0 Å². The molecule has 0 aliphatic carbocycles. The molecular weight excluding hydrogens is 443 g/mol. The molecule has 3 N–H and O–H groups in total. The minimum absolute atomic E-state index is 0. The molecule has 0 saturated heterocycles. The minimum Gasteiger partial charge on any atom is -0.357 e. The fraction of sp³-hybridized carbons (Fsp3) is 0.389. The van der Waals surface area contributed by atoms with Crippen molar-refractivity contribution in [2.24, 2.45) is 4.99 Å². The fourth-order valence-corrected chi connectivity index (χ4v) is 2.29. The molecule has 2 aromatic rings. The van der Waals surface area contributed by atoms with Crippen LogP contribution < -0.4 is 16.0 Å². The van der Waals surface area contributed by atoms with Crippen LogP contribution in [-0.4, -0.2) is 47.8 Å². The molecule has 1 aromatic heterocycles. The number of aliphatic imine (C=N–C) groups is 1. The van der Waals surface area contributed by atoms with Crippen molar-refractivity contribution in [2.45, 2.75) is 20.3 Å². The van der Waals surface area contributed by atoms with Crippen molar-refractivity contribution < 1.29 is 4.79 Å². The summed E-state index contributed by atoms with van der Waals surface area (Å²) in [5, 5.41) is 13.4. The van der Waals surface area contributed by atoms with E-state index >= 15 is 0 Å². The van der Waals surface area contributed by atoms with Gasteiger partial charge in [-0.05, 0) is 37.1 Å². The second kappa shape index (κ2) is 12.3. The van der Waals surface area contributed by atoms with Crippen LogP contribution in [0.1, 0.15) is 19.4 Å². The molecule has 0 bridgehead atoms. The lowest BCUT2D eigenvalue weighted by molar-refractivity contribution is -0.118. The van der Waals surface area contributed by atoms with Gasteiger partial charge in [0.2, 0.25) is 5.91 Å². The Kier molecular flexibility index (Phi) is 10.4. The fourth-order valence-electron chi connectivity index (χ4n) is 2.29. The van der Waals surface area contributed by atoms with Crippen LogP contribution in [0.2, 0.25) is 0 Å². The predicted molar refractivity (Wildman–Crippen MR) is 115 cm³/mol. The van der Waals surface area contributed by atoms with Gasteiger partial charge in [0.25, 0.3) is 0 Å². The third kappa shape index (κ3) is 7.85. The lowest BCUT2D eigenvalue weighted by Gasteiger charge is -2.11. The van der Waals surface area contributed by atoms with Crippen LogP contribution in [0.15, 0.2) is 47.7 Å². The average molecular weight is 470 g/mol. The van der Waals surface area contributed by atoms with Crippen molar-refractivity contribution in [3.8, 4) is 5.69 Å². The van der Waals surface area contributed by atoms with Gasteiger partial charge in [-0.15, -0.1) is 24.0 Å². The van der Waals surface area contributed by atoms with Crippen LogP contribution >= 0.6 is 24.0 Å². The molecule has 0 atom stereocenters. The molecule has 1 heterocycles. The second-order valence-corrected chi connectivity index (χ2v) is 5.54. The van der Waals surface area contributed by atoms with E-state index in [-0.39, 0.29) is 29.9 Å². The maximum atomic E-state index is 10.9. The molecule has 0 spiro atoms. The number of aromatic nitrogens is 2. The number of hydrogen-bond acceptors (Lipinski definition) is 3. The van der Waals surface area contributed by atoms with E-state index in [9.17, 15) is 4.79 Å². The van der Waals surface area contributed by atoms with Gasteiger partial charge < -0.3 is 16.0 Å². The highest BCUT2D eigenvalue weighted by Crippen LogP contribution is 2.09. The van der Waals surface area contributed by atoms with Gasteiger partial charge in [-0.25, -0.2) is 4.68 Å². The molecular formula is C18H27IN6O. The van der Waals surface area contributed by atoms with Crippen molar-refractivity contribution in [3.63, 3.8) is 0 Å². The van der Waals surface area contributed by atoms with Crippen LogP contribution in [-0.2, 0) is 11.2 Å². The van der Waals surface area contributed by atoms with Crippen LogP contribution in [0.25, 0.3) is 5.69 Å². The number of halogens is 1. The van der Waals surface area contributed by atoms with E-state index in [1.807, 2.05) is 23.9 Å². The van der Waals surface area contributed by atoms with E-state index in [0.717, 1.165) is 24.6 Å². The highest BCUT2D eigenvalue weighted by molar-refractivity contribution is 14.0. The molecule has 1 aromatic carbocycles. The normalized spacial score (nSPS) is 10.8. The third-order valence-corrected chi connectivity index (χ3v) is 3.51. The number of guanidine groups is 1. The summed E-state index contributed by atoms with van der Waals surface area (Å²) in [7, 11) is 0. The largest absolute Gasteiger partial charge is 0.357 e. The van der Waals surface area contributed by atoms with E-state index < -0.39 is 0 Å². The molecule has 2 rings (SSSR count). The number of benzene rings is 1. The first-order valence-corrected chi connectivity index (χ1v) is 8.54. The summed E-state index contributed by atoms with van der Waals surface area (Å²) in [4.78, 5) is 15.4. The summed E-state index contributed by atoms with van der Waals surface area (Å²) in [6.07, 6.45) is 4.56. The van der Waals surface area contributed by atoms with Gasteiger partial charge in [-0.3, -0.25) is 9.79 Å². The molecule has 7 nitrogen and oxygen atoms in total. The summed E-state index contributed by atoms with van der Waals surface area (Å²) in [5.74, 6) is 0.739. The van der Waals surface area contributed by atoms with Crippen molar-refractivity contribution >= 4 is 35.8 Å². The molecule has 0 saturated carbocycles. The lowest BCUT2D eigenvalue weighted by Crippen LogP contribution is -2.41. The number of carbonyl (C=O) groups is 1. The maximum Gasteiger partial charge on any atom is 0.216 e. The molecule has 1 amide bonds. The Morgan fingerprint density at radius 1 is 1.15 bits per heavy atom. The lowest BCUT2D eigenvalue weighted by atomic mass is 10.1. The second-order valence-electron chi connectivity index (χ2n) is 5.54. The highest BCUT2D eigenvalue weighted by Gasteiger charge is 1.99.